The molecule has 3 rings (SSSR count). The van der Waals surface area contributed by atoms with Crippen molar-refractivity contribution in [2.45, 2.75) is 18.7 Å². The first-order chi connectivity index (χ1) is 15.2. The topological polar surface area (TPSA) is 99.1 Å². The third-order valence-electron chi connectivity index (χ3n) is 4.66. The average molecular weight is 456 g/mol. The maximum Gasteiger partial charge on any atom is 0.264 e. The molecule has 7 nitrogen and oxygen atoms in total. The van der Waals surface area contributed by atoms with Crippen LogP contribution in [0.1, 0.15) is 18.1 Å². The van der Waals surface area contributed by atoms with E-state index >= 15 is 0 Å². The van der Waals surface area contributed by atoms with Crippen LogP contribution in [0, 0.1) is 12.7 Å². The van der Waals surface area contributed by atoms with Gasteiger partial charge in [0.1, 0.15) is 18.1 Å². The quantitative estimate of drug-likeness (QED) is 0.420. The zero-order valence-corrected chi connectivity index (χ0v) is 18.3. The minimum Gasteiger partial charge on any atom is -0.507 e. The number of carbonyl (C=O) groups is 1. The van der Waals surface area contributed by atoms with Crippen LogP contribution in [-0.4, -0.2) is 31.7 Å². The van der Waals surface area contributed by atoms with Crippen molar-refractivity contribution in [2.24, 2.45) is 5.10 Å². The molecule has 0 aliphatic heterocycles. The lowest BCUT2D eigenvalue weighted by Gasteiger charge is -2.24. The van der Waals surface area contributed by atoms with E-state index in [4.69, 9.17) is 0 Å². The van der Waals surface area contributed by atoms with Crippen molar-refractivity contribution in [3.63, 3.8) is 0 Å². The maximum absolute atomic E-state index is 14.5. The number of para-hydroxylation sites is 2. The number of aromatic hydroxyl groups is 1. The number of sulfonamides is 1. The number of hydrazone groups is 1. The summed E-state index contributed by atoms with van der Waals surface area (Å²) in [6.45, 7) is 2.69. The Morgan fingerprint density at radius 1 is 1.03 bits per heavy atom. The van der Waals surface area contributed by atoms with Gasteiger partial charge >= 0.3 is 0 Å². The number of hydrogen-bond acceptors (Lipinski definition) is 5. The number of phenolic OH excluding ortho intramolecular Hbond substituents is 1. The molecular weight excluding hydrogens is 433 g/mol. The third-order valence-corrected chi connectivity index (χ3v) is 6.43. The van der Waals surface area contributed by atoms with Gasteiger partial charge in [-0.15, -0.1) is 0 Å². The van der Waals surface area contributed by atoms with Crippen molar-refractivity contribution in [3.05, 3.63) is 89.7 Å². The molecule has 0 bridgehead atoms. The number of aryl methyl sites for hydroxylation is 1. The molecule has 0 saturated heterocycles. The smallest absolute Gasteiger partial charge is 0.264 e. The number of carbonyl (C=O) groups excluding carboxylic acids is 1. The molecule has 0 unspecified atom stereocenters. The van der Waals surface area contributed by atoms with Gasteiger partial charge in [-0.2, -0.15) is 5.10 Å². The van der Waals surface area contributed by atoms with E-state index in [-0.39, 0.29) is 16.3 Å². The van der Waals surface area contributed by atoms with Crippen LogP contribution in [0.3, 0.4) is 0 Å². The first-order valence-electron chi connectivity index (χ1n) is 9.65. The molecule has 1 amide bonds. The predicted molar refractivity (Wildman–Crippen MR) is 121 cm³/mol. The van der Waals surface area contributed by atoms with Gasteiger partial charge in [-0.05, 0) is 50.2 Å². The van der Waals surface area contributed by atoms with E-state index in [1.807, 2.05) is 6.92 Å². The Morgan fingerprint density at radius 2 is 1.66 bits per heavy atom. The summed E-state index contributed by atoms with van der Waals surface area (Å²) in [6.07, 6.45) is 0. The van der Waals surface area contributed by atoms with Gasteiger partial charge in [0.05, 0.1) is 16.3 Å². The molecule has 0 fully saturated rings. The minimum absolute atomic E-state index is 0.0158. The fraction of sp³-hybridized carbons (Fsp3) is 0.130. The number of nitrogens with zero attached hydrogens (tertiary/aromatic N) is 2. The molecule has 166 valence electrons. The number of anilines is 1. The van der Waals surface area contributed by atoms with E-state index in [1.165, 1.54) is 36.4 Å². The first kappa shape index (κ1) is 23.0. The zero-order chi connectivity index (χ0) is 23.3. The summed E-state index contributed by atoms with van der Waals surface area (Å²) in [5.41, 5.74) is 3.59. The molecule has 0 atom stereocenters. The molecule has 0 aliphatic carbocycles. The largest absolute Gasteiger partial charge is 0.507 e. The number of benzene rings is 3. The normalized spacial score (nSPS) is 11.8. The third kappa shape index (κ3) is 5.12. The Bertz CT molecular complexity index is 1260. The van der Waals surface area contributed by atoms with Crippen molar-refractivity contribution in [3.8, 4) is 5.75 Å². The number of amides is 1. The number of hydrogen-bond donors (Lipinski definition) is 2. The fourth-order valence-electron chi connectivity index (χ4n) is 2.94. The number of rotatable bonds is 7. The molecule has 3 aromatic carbocycles. The van der Waals surface area contributed by atoms with Crippen LogP contribution >= 0.6 is 0 Å². The van der Waals surface area contributed by atoms with Gasteiger partial charge in [0, 0.05) is 5.56 Å². The van der Waals surface area contributed by atoms with E-state index in [9.17, 15) is 22.7 Å². The summed E-state index contributed by atoms with van der Waals surface area (Å²) in [5, 5.41) is 13.8. The van der Waals surface area contributed by atoms with Crippen LogP contribution in [-0.2, 0) is 14.8 Å². The second-order valence-corrected chi connectivity index (χ2v) is 8.89. The second-order valence-electron chi connectivity index (χ2n) is 7.03. The molecule has 9 heteroatoms. The van der Waals surface area contributed by atoms with Crippen molar-refractivity contribution >= 4 is 27.3 Å². The average Bonchev–Trinajstić information content (AvgIpc) is 2.77. The SMILES string of the molecule is C/C(=N/NC(=O)CN(c1ccccc1F)S(=O)(=O)c1ccc(C)cc1)c1ccccc1O. The standard InChI is InChI=1S/C23H22FN3O4S/c1-16-11-13-18(14-12-16)32(30,31)27(21-9-5-4-8-20(21)24)15-23(29)26-25-17(2)19-7-3-6-10-22(19)28/h3-14,28H,15H2,1-2H3,(H,26,29)/b25-17-. The number of nitrogens with one attached hydrogen (secondary N) is 1. The molecule has 3 aromatic rings. The van der Waals surface area contributed by atoms with Gasteiger partial charge in [0.25, 0.3) is 15.9 Å². The Morgan fingerprint density at radius 3 is 2.31 bits per heavy atom. The van der Waals surface area contributed by atoms with Gasteiger partial charge in [0.15, 0.2) is 0 Å². The fourth-order valence-corrected chi connectivity index (χ4v) is 4.37. The Hall–Kier alpha value is -3.72. The zero-order valence-electron chi connectivity index (χ0n) is 17.5. The van der Waals surface area contributed by atoms with E-state index in [0.29, 0.717) is 15.6 Å². The summed E-state index contributed by atoms with van der Waals surface area (Å²) >= 11 is 0. The summed E-state index contributed by atoms with van der Waals surface area (Å²) < 4.78 is 41.7. The van der Waals surface area contributed by atoms with Gasteiger partial charge in [-0.1, -0.05) is 42.0 Å². The molecule has 0 saturated carbocycles. The number of phenols is 1. The summed E-state index contributed by atoms with van der Waals surface area (Å²) in [4.78, 5) is 12.5. The van der Waals surface area contributed by atoms with Crippen LogP contribution in [0.25, 0.3) is 0 Å². The molecule has 0 heterocycles. The molecule has 32 heavy (non-hydrogen) atoms. The van der Waals surface area contributed by atoms with Crippen LogP contribution in [0.15, 0.2) is 82.8 Å². The molecular formula is C23H22FN3O4S. The van der Waals surface area contributed by atoms with E-state index in [0.717, 1.165) is 11.6 Å². The summed E-state index contributed by atoms with van der Waals surface area (Å²) in [5.74, 6) is -1.58. The second kappa shape index (κ2) is 9.61. The highest BCUT2D eigenvalue weighted by Gasteiger charge is 2.29. The molecule has 0 aliphatic rings. The number of halogens is 1. The highest BCUT2D eigenvalue weighted by Crippen LogP contribution is 2.26. The van der Waals surface area contributed by atoms with Gasteiger partial charge in [-0.25, -0.2) is 18.2 Å². The lowest BCUT2D eigenvalue weighted by molar-refractivity contribution is -0.119. The van der Waals surface area contributed by atoms with Crippen molar-refractivity contribution in [1.82, 2.24) is 5.43 Å². The molecule has 0 spiro atoms. The van der Waals surface area contributed by atoms with E-state index in [2.05, 4.69) is 10.5 Å². The highest BCUT2D eigenvalue weighted by molar-refractivity contribution is 7.92. The van der Waals surface area contributed by atoms with E-state index in [1.54, 1.807) is 37.3 Å². The lowest BCUT2D eigenvalue weighted by atomic mass is 10.1. The van der Waals surface area contributed by atoms with Crippen LogP contribution in [0.4, 0.5) is 10.1 Å². The van der Waals surface area contributed by atoms with Crippen molar-refractivity contribution < 1.29 is 22.7 Å². The van der Waals surface area contributed by atoms with E-state index < -0.39 is 28.3 Å². The Labute approximate surface area is 185 Å². The highest BCUT2D eigenvalue weighted by atomic mass is 32.2. The van der Waals surface area contributed by atoms with Crippen LogP contribution in [0.5, 0.6) is 5.75 Å². The molecule has 0 aromatic heterocycles. The van der Waals surface area contributed by atoms with Gasteiger partial charge in [-0.3, -0.25) is 9.10 Å². The molecule has 0 radical (unpaired) electrons. The lowest BCUT2D eigenvalue weighted by Crippen LogP contribution is -2.40. The Balaban J connectivity index is 1.90. The van der Waals surface area contributed by atoms with Crippen LogP contribution < -0.4 is 9.73 Å². The van der Waals surface area contributed by atoms with Crippen LogP contribution in [0.2, 0.25) is 0 Å². The summed E-state index contributed by atoms with van der Waals surface area (Å²) in [6, 6.07) is 17.8. The molecule has 2 N–H and O–H groups in total. The maximum atomic E-state index is 14.5. The monoisotopic (exact) mass is 455 g/mol. The van der Waals surface area contributed by atoms with Gasteiger partial charge in [0.2, 0.25) is 0 Å². The minimum atomic E-state index is -4.24. The van der Waals surface area contributed by atoms with Crippen molar-refractivity contribution in [2.75, 3.05) is 10.8 Å². The predicted octanol–water partition coefficient (Wildman–Crippen LogP) is 3.58. The first-order valence-corrected chi connectivity index (χ1v) is 11.1. The Kier molecular flexibility index (Phi) is 6.89. The van der Waals surface area contributed by atoms with Crippen molar-refractivity contribution in [1.29, 1.82) is 0 Å². The summed E-state index contributed by atoms with van der Waals surface area (Å²) in [7, 11) is -4.24. The van der Waals surface area contributed by atoms with Gasteiger partial charge < -0.3 is 5.11 Å².